The summed E-state index contributed by atoms with van der Waals surface area (Å²) in [4.78, 5) is 13.5. The van der Waals surface area contributed by atoms with Crippen LogP contribution in [0.2, 0.25) is 0 Å². The summed E-state index contributed by atoms with van der Waals surface area (Å²) in [6.45, 7) is 4.02. The highest BCUT2D eigenvalue weighted by molar-refractivity contribution is 5.77. The molecule has 0 saturated carbocycles. The fourth-order valence-electron chi connectivity index (χ4n) is 1.66. The van der Waals surface area contributed by atoms with Crippen LogP contribution in [0.1, 0.15) is 19.8 Å². The van der Waals surface area contributed by atoms with Crippen molar-refractivity contribution in [2.24, 2.45) is 5.73 Å². The normalized spacial score (nSPS) is 18.6. The molecule has 1 rings (SSSR count). The number of rotatable bonds is 4. The molecule has 86 valence electrons. The number of hydrogen-bond donors (Lipinski definition) is 1. The van der Waals surface area contributed by atoms with Gasteiger partial charge in [0.15, 0.2) is 0 Å². The summed E-state index contributed by atoms with van der Waals surface area (Å²) in [6.07, 6.45) is 3.43. The van der Waals surface area contributed by atoms with E-state index in [9.17, 15) is 4.79 Å². The molecule has 0 fully saturated rings. The molecule has 1 aliphatic rings. The Bertz CT molecular complexity index is 249. The van der Waals surface area contributed by atoms with Gasteiger partial charge >= 0.3 is 0 Å². The summed E-state index contributed by atoms with van der Waals surface area (Å²) in [5.74, 6) is 0.151. The van der Waals surface area contributed by atoms with Crippen LogP contribution in [0.3, 0.4) is 0 Å². The van der Waals surface area contributed by atoms with Crippen molar-refractivity contribution in [1.82, 2.24) is 4.90 Å². The Morgan fingerprint density at radius 3 is 2.93 bits per heavy atom. The minimum atomic E-state index is -0.0538. The van der Waals surface area contributed by atoms with Gasteiger partial charge in [0, 0.05) is 32.7 Å². The summed E-state index contributed by atoms with van der Waals surface area (Å²) in [6, 6.07) is -0.0538. The van der Waals surface area contributed by atoms with E-state index in [1.165, 1.54) is 5.57 Å². The number of methoxy groups -OCH3 is 1. The van der Waals surface area contributed by atoms with Crippen LogP contribution in [0.4, 0.5) is 0 Å². The Morgan fingerprint density at radius 1 is 1.73 bits per heavy atom. The number of carbonyl (C=O) groups is 1. The van der Waals surface area contributed by atoms with Gasteiger partial charge in [0.25, 0.3) is 0 Å². The minimum absolute atomic E-state index is 0.0538. The number of carbonyl (C=O) groups excluding carboxylic acids is 1. The molecule has 0 radical (unpaired) electrons. The van der Waals surface area contributed by atoms with Crippen LogP contribution in [0.15, 0.2) is 11.6 Å². The van der Waals surface area contributed by atoms with E-state index in [-0.39, 0.29) is 11.9 Å². The zero-order valence-corrected chi connectivity index (χ0v) is 9.53. The molecule has 0 aromatic carbocycles. The van der Waals surface area contributed by atoms with E-state index in [1.54, 1.807) is 7.11 Å². The number of hydrogen-bond acceptors (Lipinski definition) is 3. The van der Waals surface area contributed by atoms with E-state index < -0.39 is 0 Å². The molecule has 0 aromatic heterocycles. The van der Waals surface area contributed by atoms with Gasteiger partial charge in [0.05, 0.1) is 6.61 Å². The lowest BCUT2D eigenvalue weighted by Crippen LogP contribution is -2.38. The molecule has 1 heterocycles. The second kappa shape index (κ2) is 5.88. The molecule has 15 heavy (non-hydrogen) atoms. The second-order valence-corrected chi connectivity index (χ2v) is 4.07. The van der Waals surface area contributed by atoms with Gasteiger partial charge in [-0.1, -0.05) is 6.08 Å². The van der Waals surface area contributed by atoms with Gasteiger partial charge in [-0.2, -0.15) is 0 Å². The zero-order chi connectivity index (χ0) is 11.3. The first-order chi connectivity index (χ1) is 7.13. The second-order valence-electron chi connectivity index (χ2n) is 4.07. The average molecular weight is 212 g/mol. The minimum Gasteiger partial charge on any atom is -0.380 e. The van der Waals surface area contributed by atoms with Crippen LogP contribution in [-0.4, -0.2) is 43.7 Å². The molecule has 0 spiro atoms. The Labute approximate surface area is 91.1 Å². The monoisotopic (exact) mass is 212 g/mol. The molecule has 4 nitrogen and oxygen atoms in total. The smallest absolute Gasteiger partial charge is 0.224 e. The molecule has 2 N–H and O–H groups in total. The quantitative estimate of drug-likeness (QED) is 0.692. The van der Waals surface area contributed by atoms with Gasteiger partial charge in [-0.3, -0.25) is 4.79 Å². The number of amides is 1. The van der Waals surface area contributed by atoms with E-state index in [4.69, 9.17) is 10.5 Å². The van der Waals surface area contributed by atoms with Crippen LogP contribution in [0.5, 0.6) is 0 Å². The average Bonchev–Trinajstić information content (AvgIpc) is 2.18. The van der Waals surface area contributed by atoms with Gasteiger partial charge < -0.3 is 15.4 Å². The lowest BCUT2D eigenvalue weighted by Gasteiger charge is -2.27. The number of nitrogens with two attached hydrogens (primary N) is 1. The summed E-state index contributed by atoms with van der Waals surface area (Å²) < 4.78 is 5.05. The van der Waals surface area contributed by atoms with Crippen molar-refractivity contribution in [2.45, 2.75) is 25.8 Å². The van der Waals surface area contributed by atoms with E-state index in [1.807, 2.05) is 11.8 Å². The van der Waals surface area contributed by atoms with Crippen LogP contribution in [0, 0.1) is 0 Å². The summed E-state index contributed by atoms with van der Waals surface area (Å²) in [5, 5.41) is 0. The third-order valence-electron chi connectivity index (χ3n) is 2.48. The van der Waals surface area contributed by atoms with Gasteiger partial charge in [-0.15, -0.1) is 0 Å². The maximum atomic E-state index is 11.7. The lowest BCUT2D eigenvalue weighted by molar-refractivity contribution is -0.131. The predicted molar refractivity (Wildman–Crippen MR) is 59.4 cm³/mol. The van der Waals surface area contributed by atoms with Crippen LogP contribution in [-0.2, 0) is 9.53 Å². The highest BCUT2D eigenvalue weighted by Crippen LogP contribution is 2.12. The maximum absolute atomic E-state index is 11.7. The molecule has 0 aromatic rings. The molecule has 4 heteroatoms. The maximum Gasteiger partial charge on any atom is 0.224 e. The fourth-order valence-corrected chi connectivity index (χ4v) is 1.66. The molecule has 0 aliphatic carbocycles. The van der Waals surface area contributed by atoms with Crippen LogP contribution < -0.4 is 5.73 Å². The van der Waals surface area contributed by atoms with E-state index in [2.05, 4.69) is 6.08 Å². The van der Waals surface area contributed by atoms with Crippen molar-refractivity contribution >= 4 is 5.91 Å². The first-order valence-corrected chi connectivity index (χ1v) is 5.33. The molecule has 1 unspecified atom stereocenters. The third kappa shape index (κ3) is 4.01. The Kier molecular flexibility index (Phi) is 4.78. The van der Waals surface area contributed by atoms with Crippen LogP contribution in [0.25, 0.3) is 0 Å². The van der Waals surface area contributed by atoms with Gasteiger partial charge in [-0.25, -0.2) is 0 Å². The molecule has 1 aliphatic heterocycles. The van der Waals surface area contributed by atoms with Crippen molar-refractivity contribution in [2.75, 3.05) is 26.8 Å². The first-order valence-electron chi connectivity index (χ1n) is 5.33. The van der Waals surface area contributed by atoms with E-state index in [0.29, 0.717) is 19.6 Å². The topological polar surface area (TPSA) is 55.6 Å². The molecule has 0 saturated heterocycles. The Hall–Kier alpha value is -0.870. The lowest BCUT2D eigenvalue weighted by atomic mass is 10.1. The van der Waals surface area contributed by atoms with Gasteiger partial charge in [-0.05, 0) is 18.9 Å². The number of ether oxygens (including phenoxy) is 1. The first kappa shape index (κ1) is 12.2. The van der Waals surface area contributed by atoms with Gasteiger partial charge in [0.2, 0.25) is 5.91 Å². The van der Waals surface area contributed by atoms with Crippen molar-refractivity contribution in [3.05, 3.63) is 11.6 Å². The highest BCUT2D eigenvalue weighted by Gasteiger charge is 2.17. The van der Waals surface area contributed by atoms with Gasteiger partial charge in [0.1, 0.15) is 0 Å². The summed E-state index contributed by atoms with van der Waals surface area (Å²) >= 11 is 0. The fraction of sp³-hybridized carbons (Fsp3) is 0.727. The highest BCUT2D eigenvalue weighted by atomic mass is 16.5. The SMILES string of the molecule is COCC1=CCN(C(=O)CC(C)N)CC1. The van der Waals surface area contributed by atoms with Crippen LogP contribution >= 0.6 is 0 Å². The Morgan fingerprint density at radius 2 is 2.47 bits per heavy atom. The molecular weight excluding hydrogens is 192 g/mol. The van der Waals surface area contributed by atoms with Crippen molar-refractivity contribution in [3.63, 3.8) is 0 Å². The summed E-state index contributed by atoms with van der Waals surface area (Å²) in [7, 11) is 1.69. The number of nitrogens with zero attached hydrogens (tertiary/aromatic N) is 1. The molecular formula is C11H20N2O2. The third-order valence-corrected chi connectivity index (χ3v) is 2.48. The zero-order valence-electron chi connectivity index (χ0n) is 9.53. The molecule has 1 atom stereocenters. The molecule has 1 amide bonds. The van der Waals surface area contributed by atoms with E-state index in [0.717, 1.165) is 13.0 Å². The van der Waals surface area contributed by atoms with Crippen molar-refractivity contribution < 1.29 is 9.53 Å². The predicted octanol–water partition coefficient (Wildman–Crippen LogP) is 0.529. The largest absolute Gasteiger partial charge is 0.380 e. The molecule has 0 bridgehead atoms. The van der Waals surface area contributed by atoms with Crippen molar-refractivity contribution in [1.29, 1.82) is 0 Å². The Balaban J connectivity index is 2.39. The standard InChI is InChI=1S/C11H20N2O2/c1-9(12)7-11(14)13-5-3-10(4-6-13)8-15-2/h3,9H,4-8,12H2,1-2H3. The van der Waals surface area contributed by atoms with E-state index >= 15 is 0 Å². The van der Waals surface area contributed by atoms with Crippen molar-refractivity contribution in [3.8, 4) is 0 Å². The summed E-state index contributed by atoms with van der Waals surface area (Å²) in [5.41, 5.74) is 6.87.